The van der Waals surface area contributed by atoms with Gasteiger partial charge in [-0.1, -0.05) is 18.2 Å². The van der Waals surface area contributed by atoms with Crippen LogP contribution in [0.2, 0.25) is 0 Å². The van der Waals surface area contributed by atoms with Crippen LogP contribution in [0.15, 0.2) is 29.2 Å². The first-order valence-electron chi connectivity index (χ1n) is 7.17. The van der Waals surface area contributed by atoms with E-state index in [0.717, 1.165) is 24.9 Å². The summed E-state index contributed by atoms with van der Waals surface area (Å²) in [5.74, 6) is 0.224. The molecule has 0 aromatic heterocycles. The summed E-state index contributed by atoms with van der Waals surface area (Å²) in [6, 6.07) is 7.45. The molecule has 2 aliphatic rings. The summed E-state index contributed by atoms with van der Waals surface area (Å²) in [5.41, 5.74) is 0.870. The zero-order valence-electron chi connectivity index (χ0n) is 11.8. The van der Waals surface area contributed by atoms with Gasteiger partial charge in [0.05, 0.1) is 16.2 Å². The van der Waals surface area contributed by atoms with Crippen molar-refractivity contribution in [2.45, 2.75) is 42.2 Å². The summed E-state index contributed by atoms with van der Waals surface area (Å²) in [6.45, 7) is 0.794. The van der Waals surface area contributed by atoms with Crippen LogP contribution in [-0.2, 0) is 14.6 Å². The van der Waals surface area contributed by atoms with E-state index in [2.05, 4.69) is 5.32 Å². The molecule has 1 atom stereocenters. The van der Waals surface area contributed by atoms with Crippen LogP contribution >= 0.6 is 0 Å². The van der Waals surface area contributed by atoms with E-state index in [-0.39, 0.29) is 17.4 Å². The SMILES string of the molecule is COC1(CNC2CCS(=O)(=O)c3ccccc32)CCC1. The Hall–Kier alpha value is -0.910. The Labute approximate surface area is 120 Å². The van der Waals surface area contributed by atoms with Crippen molar-refractivity contribution in [1.29, 1.82) is 0 Å². The molecular weight excluding hydrogens is 274 g/mol. The van der Waals surface area contributed by atoms with Gasteiger partial charge in [0.25, 0.3) is 0 Å². The third kappa shape index (κ3) is 2.38. The Morgan fingerprint density at radius 3 is 2.75 bits per heavy atom. The molecule has 1 unspecified atom stereocenters. The van der Waals surface area contributed by atoms with Crippen molar-refractivity contribution in [1.82, 2.24) is 5.32 Å². The lowest BCUT2D eigenvalue weighted by Gasteiger charge is -2.42. The zero-order chi connectivity index (χ0) is 14.2. The molecule has 1 N–H and O–H groups in total. The summed E-state index contributed by atoms with van der Waals surface area (Å²) in [6.07, 6.45) is 4.02. The summed E-state index contributed by atoms with van der Waals surface area (Å²) in [5, 5.41) is 3.52. The minimum Gasteiger partial charge on any atom is -0.377 e. The van der Waals surface area contributed by atoms with E-state index in [1.165, 1.54) is 6.42 Å². The van der Waals surface area contributed by atoms with Crippen molar-refractivity contribution >= 4 is 9.84 Å². The number of fused-ring (bicyclic) bond motifs is 1. The van der Waals surface area contributed by atoms with Crippen molar-refractivity contribution in [3.05, 3.63) is 29.8 Å². The molecule has 4 nitrogen and oxygen atoms in total. The predicted molar refractivity (Wildman–Crippen MR) is 77.4 cm³/mol. The molecule has 0 amide bonds. The van der Waals surface area contributed by atoms with Crippen LogP contribution in [0, 0.1) is 0 Å². The molecule has 1 aliphatic heterocycles. The lowest BCUT2D eigenvalue weighted by atomic mass is 9.79. The van der Waals surface area contributed by atoms with E-state index < -0.39 is 9.84 Å². The third-order valence-corrected chi connectivity index (χ3v) is 6.49. The highest BCUT2D eigenvalue weighted by Crippen LogP contribution is 2.36. The van der Waals surface area contributed by atoms with Gasteiger partial charge in [0.15, 0.2) is 9.84 Å². The molecule has 110 valence electrons. The summed E-state index contributed by atoms with van der Waals surface area (Å²) >= 11 is 0. The Bertz CT molecular complexity index is 587. The normalized spacial score (nSPS) is 26.6. The minimum absolute atomic E-state index is 0.0364. The number of rotatable bonds is 4. The van der Waals surface area contributed by atoms with Crippen LogP contribution in [0.5, 0.6) is 0 Å². The first-order valence-corrected chi connectivity index (χ1v) is 8.82. The van der Waals surface area contributed by atoms with Crippen molar-refractivity contribution in [3.8, 4) is 0 Å². The molecule has 1 saturated carbocycles. The Kier molecular flexibility index (Phi) is 3.60. The number of benzene rings is 1. The molecule has 0 radical (unpaired) electrons. The minimum atomic E-state index is -3.10. The smallest absolute Gasteiger partial charge is 0.178 e. The van der Waals surface area contributed by atoms with Crippen molar-refractivity contribution in [2.75, 3.05) is 19.4 Å². The van der Waals surface area contributed by atoms with Crippen LogP contribution in [0.4, 0.5) is 0 Å². The topological polar surface area (TPSA) is 55.4 Å². The fraction of sp³-hybridized carbons (Fsp3) is 0.600. The van der Waals surface area contributed by atoms with Crippen molar-refractivity contribution in [3.63, 3.8) is 0 Å². The number of hydrogen-bond donors (Lipinski definition) is 1. The second-order valence-corrected chi connectivity index (χ2v) is 7.90. The largest absolute Gasteiger partial charge is 0.377 e. The second-order valence-electron chi connectivity index (χ2n) is 5.82. The van der Waals surface area contributed by atoms with Gasteiger partial charge in [-0.15, -0.1) is 0 Å². The lowest BCUT2D eigenvalue weighted by Crippen LogP contribution is -2.49. The Morgan fingerprint density at radius 1 is 1.35 bits per heavy atom. The molecule has 0 spiro atoms. The maximum absolute atomic E-state index is 12.1. The van der Waals surface area contributed by atoms with Gasteiger partial charge in [0, 0.05) is 19.7 Å². The Balaban J connectivity index is 1.79. The van der Waals surface area contributed by atoms with Crippen LogP contribution in [0.25, 0.3) is 0 Å². The summed E-state index contributed by atoms with van der Waals surface area (Å²) < 4.78 is 29.8. The van der Waals surface area contributed by atoms with Gasteiger partial charge >= 0.3 is 0 Å². The monoisotopic (exact) mass is 295 g/mol. The van der Waals surface area contributed by atoms with Crippen molar-refractivity contribution < 1.29 is 13.2 Å². The molecule has 0 bridgehead atoms. The molecule has 1 aromatic rings. The quantitative estimate of drug-likeness (QED) is 0.924. The van der Waals surface area contributed by atoms with Crippen LogP contribution < -0.4 is 5.32 Å². The lowest BCUT2D eigenvalue weighted by molar-refractivity contribution is -0.0710. The number of sulfone groups is 1. The van der Waals surface area contributed by atoms with E-state index in [0.29, 0.717) is 11.3 Å². The van der Waals surface area contributed by atoms with Crippen LogP contribution in [0.1, 0.15) is 37.3 Å². The molecule has 1 aliphatic carbocycles. The van der Waals surface area contributed by atoms with Crippen LogP contribution in [0.3, 0.4) is 0 Å². The maximum Gasteiger partial charge on any atom is 0.178 e. The van der Waals surface area contributed by atoms with Crippen LogP contribution in [-0.4, -0.2) is 33.4 Å². The average Bonchev–Trinajstić information content (AvgIpc) is 2.40. The number of nitrogens with one attached hydrogen (secondary N) is 1. The highest BCUT2D eigenvalue weighted by molar-refractivity contribution is 7.91. The van der Waals surface area contributed by atoms with E-state index in [1.807, 2.05) is 12.1 Å². The number of methoxy groups -OCH3 is 1. The molecule has 1 fully saturated rings. The van der Waals surface area contributed by atoms with Gasteiger partial charge in [0.1, 0.15) is 0 Å². The van der Waals surface area contributed by atoms with Crippen molar-refractivity contribution in [2.24, 2.45) is 0 Å². The standard InChI is InChI=1S/C15H21NO3S/c1-19-15(8-4-9-15)11-16-13-7-10-20(17,18)14-6-3-2-5-12(13)14/h2-3,5-6,13,16H,4,7-11H2,1H3. The molecule has 20 heavy (non-hydrogen) atoms. The van der Waals surface area contributed by atoms with E-state index in [1.54, 1.807) is 19.2 Å². The van der Waals surface area contributed by atoms with Gasteiger partial charge in [-0.3, -0.25) is 0 Å². The first-order chi connectivity index (χ1) is 9.56. The Morgan fingerprint density at radius 2 is 2.10 bits per heavy atom. The zero-order valence-corrected chi connectivity index (χ0v) is 12.6. The molecule has 1 heterocycles. The van der Waals surface area contributed by atoms with Gasteiger partial charge in [0.2, 0.25) is 0 Å². The summed E-state index contributed by atoms with van der Waals surface area (Å²) in [4.78, 5) is 0.490. The van der Waals surface area contributed by atoms with Gasteiger partial charge < -0.3 is 10.1 Å². The number of hydrogen-bond acceptors (Lipinski definition) is 4. The number of ether oxygens (including phenoxy) is 1. The average molecular weight is 295 g/mol. The fourth-order valence-corrected chi connectivity index (χ4v) is 4.76. The molecule has 3 rings (SSSR count). The fourth-order valence-electron chi connectivity index (χ4n) is 3.14. The van der Waals surface area contributed by atoms with E-state index in [4.69, 9.17) is 4.74 Å². The van der Waals surface area contributed by atoms with E-state index >= 15 is 0 Å². The molecule has 1 aromatic carbocycles. The second kappa shape index (κ2) is 5.13. The molecular formula is C15H21NO3S. The van der Waals surface area contributed by atoms with Gasteiger partial charge in [-0.2, -0.15) is 0 Å². The highest BCUT2D eigenvalue weighted by Gasteiger charge is 2.38. The molecule has 0 saturated heterocycles. The van der Waals surface area contributed by atoms with Gasteiger partial charge in [-0.05, 0) is 37.3 Å². The van der Waals surface area contributed by atoms with Gasteiger partial charge in [-0.25, -0.2) is 8.42 Å². The molecule has 5 heteroatoms. The first kappa shape index (κ1) is 14.0. The highest BCUT2D eigenvalue weighted by atomic mass is 32.2. The van der Waals surface area contributed by atoms with E-state index in [9.17, 15) is 8.42 Å². The third-order valence-electron chi connectivity index (χ3n) is 4.67. The summed E-state index contributed by atoms with van der Waals surface area (Å²) in [7, 11) is -1.33. The maximum atomic E-state index is 12.1. The predicted octanol–water partition coefficient (Wildman–Crippen LogP) is 2.06.